The van der Waals surface area contributed by atoms with Gasteiger partial charge in [0.15, 0.2) is 5.41 Å². The molecule has 2 aliphatic carbocycles. The molecule has 0 bridgehead atoms. The third-order valence-corrected chi connectivity index (χ3v) is 4.17. The van der Waals surface area contributed by atoms with Crippen LogP contribution in [0.3, 0.4) is 0 Å². The van der Waals surface area contributed by atoms with Crippen molar-refractivity contribution in [3.8, 4) is 0 Å². The van der Waals surface area contributed by atoms with Gasteiger partial charge in [-0.3, -0.25) is 9.59 Å². The molecule has 0 saturated heterocycles. The zero-order valence-electron chi connectivity index (χ0n) is 12.3. The Morgan fingerprint density at radius 1 is 1.14 bits per heavy atom. The molecule has 0 radical (unpaired) electrons. The van der Waals surface area contributed by atoms with E-state index < -0.39 is 28.9 Å². The molecule has 21 heavy (non-hydrogen) atoms. The molecule has 0 aliphatic heterocycles. The van der Waals surface area contributed by atoms with Gasteiger partial charge in [-0.2, -0.15) is 0 Å². The van der Waals surface area contributed by atoms with E-state index in [2.05, 4.69) is 6.58 Å². The molecule has 2 rings (SSSR count). The third-order valence-electron chi connectivity index (χ3n) is 4.17. The Balaban J connectivity index is 2.21. The quantitative estimate of drug-likeness (QED) is 0.319. The zero-order chi connectivity index (χ0) is 15.7. The molecule has 2 saturated carbocycles. The van der Waals surface area contributed by atoms with E-state index in [1.807, 2.05) is 0 Å². The summed E-state index contributed by atoms with van der Waals surface area (Å²) in [5, 5.41) is 0. The fraction of sp³-hybridized carbons (Fsp3) is 0.667. The maximum atomic E-state index is 12.3. The zero-order valence-corrected chi connectivity index (χ0v) is 12.3. The number of hydrogen-bond donors (Lipinski definition) is 0. The van der Waals surface area contributed by atoms with Crippen LogP contribution in [0.15, 0.2) is 12.7 Å². The molecule has 0 aromatic carbocycles. The Hall–Kier alpha value is -1.85. The number of ether oxygens (including phenoxy) is 3. The highest BCUT2D eigenvalue weighted by atomic mass is 16.6. The second kappa shape index (κ2) is 5.50. The normalized spacial score (nSPS) is 28.2. The molecule has 0 amide bonds. The largest absolute Gasteiger partial charge is 0.465 e. The monoisotopic (exact) mass is 296 g/mol. The maximum absolute atomic E-state index is 12.3. The highest BCUT2D eigenvalue weighted by Gasteiger charge is 2.73. The van der Waals surface area contributed by atoms with Crippen LogP contribution < -0.4 is 0 Å². The van der Waals surface area contributed by atoms with Gasteiger partial charge in [-0.15, -0.1) is 0 Å². The first-order valence-electron chi connectivity index (χ1n) is 7.14. The fourth-order valence-corrected chi connectivity index (χ4v) is 3.17. The van der Waals surface area contributed by atoms with Crippen LogP contribution in [0, 0.1) is 11.3 Å². The lowest BCUT2D eigenvalue weighted by Crippen LogP contribution is -2.42. The van der Waals surface area contributed by atoms with E-state index in [4.69, 9.17) is 14.2 Å². The molecule has 0 spiro atoms. The van der Waals surface area contributed by atoms with Gasteiger partial charge in [0.25, 0.3) is 0 Å². The number of hydrogen-bond acceptors (Lipinski definition) is 6. The van der Waals surface area contributed by atoms with Crippen molar-refractivity contribution in [2.45, 2.75) is 38.7 Å². The van der Waals surface area contributed by atoms with E-state index in [1.165, 1.54) is 0 Å². The third kappa shape index (κ3) is 2.54. The summed E-state index contributed by atoms with van der Waals surface area (Å²) in [7, 11) is 0. The Labute approximate surface area is 123 Å². The van der Waals surface area contributed by atoms with Crippen molar-refractivity contribution in [3.05, 3.63) is 12.7 Å². The predicted molar refractivity (Wildman–Crippen MR) is 72.1 cm³/mol. The van der Waals surface area contributed by atoms with Gasteiger partial charge in [-0.25, -0.2) is 4.79 Å². The van der Waals surface area contributed by atoms with Crippen molar-refractivity contribution in [1.82, 2.24) is 0 Å². The Morgan fingerprint density at radius 3 is 2.19 bits per heavy atom. The lowest BCUT2D eigenvalue weighted by Gasteiger charge is -2.27. The molecule has 2 aliphatic rings. The molecular formula is C15H20O6. The van der Waals surface area contributed by atoms with Crippen molar-refractivity contribution in [3.63, 3.8) is 0 Å². The van der Waals surface area contributed by atoms with Crippen LogP contribution in [0.2, 0.25) is 0 Å². The second-order valence-corrected chi connectivity index (χ2v) is 5.49. The summed E-state index contributed by atoms with van der Waals surface area (Å²) < 4.78 is 15.4. The van der Waals surface area contributed by atoms with E-state index in [-0.39, 0.29) is 25.6 Å². The van der Waals surface area contributed by atoms with Gasteiger partial charge in [0, 0.05) is 18.4 Å². The smallest absolute Gasteiger partial charge is 0.330 e. The van der Waals surface area contributed by atoms with Crippen LogP contribution in [0.25, 0.3) is 0 Å². The number of esters is 3. The molecule has 6 nitrogen and oxygen atoms in total. The fourth-order valence-electron chi connectivity index (χ4n) is 3.17. The average molecular weight is 296 g/mol. The van der Waals surface area contributed by atoms with Gasteiger partial charge in [0.05, 0.1) is 13.2 Å². The lowest BCUT2D eigenvalue weighted by atomic mass is 9.82. The van der Waals surface area contributed by atoms with Gasteiger partial charge in [0.2, 0.25) is 0 Å². The minimum absolute atomic E-state index is 0.00443. The van der Waals surface area contributed by atoms with Gasteiger partial charge in [-0.05, 0) is 26.7 Å². The van der Waals surface area contributed by atoms with Crippen LogP contribution in [-0.4, -0.2) is 36.7 Å². The summed E-state index contributed by atoms with van der Waals surface area (Å²) in [4.78, 5) is 36.0. The molecule has 6 heteroatoms. The summed E-state index contributed by atoms with van der Waals surface area (Å²) in [6.07, 6.45) is 2.17. The second-order valence-electron chi connectivity index (χ2n) is 5.49. The van der Waals surface area contributed by atoms with E-state index >= 15 is 0 Å². The predicted octanol–water partition coefficient (Wildman–Crippen LogP) is 1.38. The van der Waals surface area contributed by atoms with Crippen LogP contribution in [0.5, 0.6) is 0 Å². The van der Waals surface area contributed by atoms with Crippen LogP contribution >= 0.6 is 0 Å². The SMILES string of the molecule is C=CC(=O)OC12CC1CC(C(=O)OCC)(C(=O)OCC)C2. The van der Waals surface area contributed by atoms with E-state index in [0.717, 1.165) is 6.08 Å². The van der Waals surface area contributed by atoms with Crippen molar-refractivity contribution in [2.24, 2.45) is 11.3 Å². The molecule has 116 valence electrons. The van der Waals surface area contributed by atoms with Crippen LogP contribution in [0.4, 0.5) is 0 Å². The van der Waals surface area contributed by atoms with Crippen LogP contribution in [0.1, 0.15) is 33.1 Å². The summed E-state index contributed by atoms with van der Waals surface area (Å²) in [5.41, 5.74) is -2.10. The molecule has 0 heterocycles. The molecule has 2 atom stereocenters. The van der Waals surface area contributed by atoms with E-state index in [1.54, 1.807) is 13.8 Å². The summed E-state index contributed by atoms with van der Waals surface area (Å²) in [6, 6.07) is 0. The summed E-state index contributed by atoms with van der Waals surface area (Å²) in [5.74, 6) is -1.73. The molecule has 0 aromatic heterocycles. The highest BCUT2D eigenvalue weighted by Crippen LogP contribution is 2.65. The first-order chi connectivity index (χ1) is 9.94. The van der Waals surface area contributed by atoms with Crippen molar-refractivity contribution < 1.29 is 28.6 Å². The number of fused-ring (bicyclic) bond motifs is 1. The molecule has 2 fully saturated rings. The van der Waals surface area contributed by atoms with Gasteiger partial charge >= 0.3 is 17.9 Å². The molecular weight excluding hydrogens is 276 g/mol. The van der Waals surface area contributed by atoms with Crippen LogP contribution in [-0.2, 0) is 28.6 Å². The number of carbonyl (C=O) groups excluding carboxylic acids is 3. The first-order valence-corrected chi connectivity index (χ1v) is 7.14. The molecule has 0 N–H and O–H groups in total. The topological polar surface area (TPSA) is 78.9 Å². The Morgan fingerprint density at radius 2 is 1.71 bits per heavy atom. The van der Waals surface area contributed by atoms with E-state index in [9.17, 15) is 14.4 Å². The Kier molecular flexibility index (Phi) is 4.07. The summed E-state index contributed by atoms with van der Waals surface area (Å²) >= 11 is 0. The standard InChI is InChI=1S/C15H20O6/c1-4-11(16)21-15-8-10(15)7-14(9-15,12(17)19-5-2)13(18)20-6-3/h4,10H,1,5-9H2,2-3H3. The molecule has 0 aromatic rings. The van der Waals surface area contributed by atoms with Gasteiger partial charge in [0.1, 0.15) is 5.60 Å². The molecule has 2 unspecified atom stereocenters. The van der Waals surface area contributed by atoms with E-state index in [0.29, 0.717) is 12.8 Å². The average Bonchev–Trinajstić information content (AvgIpc) is 2.99. The van der Waals surface area contributed by atoms with Crippen molar-refractivity contribution >= 4 is 17.9 Å². The minimum atomic E-state index is -1.35. The number of carbonyl (C=O) groups is 3. The lowest BCUT2D eigenvalue weighted by molar-refractivity contribution is -0.175. The van der Waals surface area contributed by atoms with Gasteiger partial charge < -0.3 is 14.2 Å². The highest BCUT2D eigenvalue weighted by molar-refractivity contribution is 6.01. The maximum Gasteiger partial charge on any atom is 0.330 e. The minimum Gasteiger partial charge on any atom is -0.465 e. The Bertz CT molecular complexity index is 465. The van der Waals surface area contributed by atoms with Gasteiger partial charge in [-0.1, -0.05) is 6.58 Å². The first kappa shape index (κ1) is 15.5. The van der Waals surface area contributed by atoms with Crippen molar-refractivity contribution in [1.29, 1.82) is 0 Å². The summed E-state index contributed by atoms with van der Waals surface area (Å²) in [6.45, 7) is 7.09. The van der Waals surface area contributed by atoms with Crippen molar-refractivity contribution in [2.75, 3.05) is 13.2 Å². The number of rotatable bonds is 6.